The van der Waals surface area contributed by atoms with Crippen LogP contribution >= 0.6 is 11.6 Å². The number of aliphatic imine (C=N–C) groups is 1. The summed E-state index contributed by atoms with van der Waals surface area (Å²) in [6.45, 7) is 0. The van der Waals surface area contributed by atoms with E-state index in [0.717, 1.165) is 11.3 Å². The molecule has 0 atom stereocenters. The molecule has 2 N–H and O–H groups in total. The first-order valence-corrected chi connectivity index (χ1v) is 8.39. The Labute approximate surface area is 153 Å². The van der Waals surface area contributed by atoms with E-state index in [1.165, 1.54) is 16.5 Å². The van der Waals surface area contributed by atoms with Crippen molar-refractivity contribution in [3.05, 3.63) is 77.3 Å². The monoisotopic (exact) mass is 349 g/mol. The van der Waals surface area contributed by atoms with Crippen LogP contribution in [0.2, 0.25) is 5.02 Å². The number of amidine groups is 1. The van der Waals surface area contributed by atoms with E-state index >= 15 is 0 Å². The minimum atomic E-state index is 0.447. The molecule has 3 aromatic carbocycles. The van der Waals surface area contributed by atoms with E-state index in [4.69, 9.17) is 17.3 Å². The lowest BCUT2D eigenvalue weighted by molar-refractivity contribution is 1.14. The van der Waals surface area contributed by atoms with Gasteiger partial charge in [-0.2, -0.15) is 0 Å². The molecule has 0 amide bonds. The third kappa shape index (κ3) is 4.01. The van der Waals surface area contributed by atoms with Crippen LogP contribution < -0.4 is 10.6 Å². The fraction of sp³-hybridized carbons (Fsp3) is 0.0952. The van der Waals surface area contributed by atoms with Gasteiger partial charge in [-0.25, -0.2) is 4.99 Å². The highest BCUT2D eigenvalue weighted by atomic mass is 35.5. The second-order valence-electron chi connectivity index (χ2n) is 5.96. The van der Waals surface area contributed by atoms with E-state index in [2.05, 4.69) is 40.2 Å². The quantitative estimate of drug-likeness (QED) is 0.515. The van der Waals surface area contributed by atoms with Crippen molar-refractivity contribution in [2.45, 2.75) is 0 Å². The van der Waals surface area contributed by atoms with Crippen LogP contribution in [0.4, 0.5) is 11.4 Å². The standard InChI is InChI=1S/C21H20ClN3/c1-25(2)20-13-7-15(18-5-3-4-6-19(18)20)8-14-21(23)24-17-11-9-16(22)10-12-17/h3-14H,1-2H3,(H2,23,24). The van der Waals surface area contributed by atoms with E-state index in [9.17, 15) is 0 Å². The molecule has 0 spiro atoms. The summed E-state index contributed by atoms with van der Waals surface area (Å²) in [6.07, 6.45) is 3.82. The first kappa shape index (κ1) is 17.1. The zero-order valence-electron chi connectivity index (χ0n) is 14.3. The van der Waals surface area contributed by atoms with Crippen molar-refractivity contribution < 1.29 is 0 Å². The lowest BCUT2D eigenvalue weighted by Gasteiger charge is -2.16. The van der Waals surface area contributed by atoms with E-state index in [1.54, 1.807) is 12.1 Å². The topological polar surface area (TPSA) is 41.6 Å². The van der Waals surface area contributed by atoms with Gasteiger partial charge in [0.15, 0.2) is 0 Å². The molecule has 0 saturated carbocycles. The van der Waals surface area contributed by atoms with Crippen molar-refractivity contribution in [2.75, 3.05) is 19.0 Å². The van der Waals surface area contributed by atoms with Crippen LogP contribution in [-0.4, -0.2) is 19.9 Å². The summed E-state index contributed by atoms with van der Waals surface area (Å²) in [7, 11) is 4.10. The van der Waals surface area contributed by atoms with Gasteiger partial charge in [0.05, 0.1) is 5.69 Å². The fourth-order valence-electron chi connectivity index (χ4n) is 2.72. The summed E-state index contributed by atoms with van der Waals surface area (Å²) in [4.78, 5) is 6.50. The van der Waals surface area contributed by atoms with E-state index in [0.29, 0.717) is 10.9 Å². The molecule has 3 rings (SSSR count). The highest BCUT2D eigenvalue weighted by Crippen LogP contribution is 2.29. The van der Waals surface area contributed by atoms with Crippen molar-refractivity contribution in [1.29, 1.82) is 0 Å². The molecule has 0 unspecified atom stereocenters. The summed E-state index contributed by atoms with van der Waals surface area (Å²) >= 11 is 5.88. The number of fused-ring (bicyclic) bond motifs is 1. The summed E-state index contributed by atoms with van der Waals surface area (Å²) in [5.74, 6) is 0.447. The van der Waals surface area contributed by atoms with Crippen LogP contribution in [0.15, 0.2) is 71.7 Å². The van der Waals surface area contributed by atoms with Crippen LogP contribution in [0.3, 0.4) is 0 Å². The molecule has 25 heavy (non-hydrogen) atoms. The number of halogens is 1. The lowest BCUT2D eigenvalue weighted by Crippen LogP contribution is -2.09. The number of nitrogens with zero attached hydrogens (tertiary/aromatic N) is 2. The third-order valence-electron chi connectivity index (χ3n) is 3.94. The van der Waals surface area contributed by atoms with E-state index in [-0.39, 0.29) is 0 Å². The summed E-state index contributed by atoms with van der Waals surface area (Å²) in [5, 5.41) is 3.08. The van der Waals surface area contributed by atoms with Gasteiger partial charge < -0.3 is 10.6 Å². The third-order valence-corrected chi connectivity index (χ3v) is 4.19. The summed E-state index contributed by atoms with van der Waals surface area (Å²) < 4.78 is 0. The number of rotatable bonds is 4. The molecule has 0 bridgehead atoms. The molecule has 126 valence electrons. The molecule has 3 nitrogen and oxygen atoms in total. The van der Waals surface area contributed by atoms with Crippen LogP contribution in [0.5, 0.6) is 0 Å². The Bertz CT molecular complexity index is 941. The Balaban J connectivity index is 1.93. The van der Waals surface area contributed by atoms with Crippen molar-refractivity contribution in [3.63, 3.8) is 0 Å². The van der Waals surface area contributed by atoms with Crippen molar-refractivity contribution in [3.8, 4) is 0 Å². The molecule has 0 fully saturated rings. The van der Waals surface area contributed by atoms with E-state index < -0.39 is 0 Å². The zero-order chi connectivity index (χ0) is 17.8. The SMILES string of the molecule is CN(C)c1ccc(C=CC(N)=Nc2ccc(Cl)cc2)c2ccccc12. The van der Waals surface area contributed by atoms with Crippen molar-refractivity contribution >= 4 is 45.7 Å². The van der Waals surface area contributed by atoms with Gasteiger partial charge in [0.2, 0.25) is 0 Å². The Morgan fingerprint density at radius 1 is 0.960 bits per heavy atom. The van der Waals surface area contributed by atoms with E-state index in [1.807, 2.05) is 44.4 Å². The van der Waals surface area contributed by atoms with Gasteiger partial charge in [0.1, 0.15) is 5.84 Å². The zero-order valence-corrected chi connectivity index (χ0v) is 15.0. The molecular weight excluding hydrogens is 330 g/mol. The molecule has 0 aromatic heterocycles. The highest BCUT2D eigenvalue weighted by Gasteiger charge is 2.05. The second kappa shape index (κ2) is 7.41. The Morgan fingerprint density at radius 3 is 2.32 bits per heavy atom. The smallest absolute Gasteiger partial charge is 0.124 e. The van der Waals surface area contributed by atoms with Gasteiger partial charge in [-0.05, 0) is 47.4 Å². The average Bonchev–Trinajstić information content (AvgIpc) is 2.61. The first-order valence-electron chi connectivity index (χ1n) is 8.01. The predicted octanol–water partition coefficient (Wildman–Crippen LogP) is 5.26. The van der Waals surface area contributed by atoms with Crippen LogP contribution in [0.25, 0.3) is 16.8 Å². The summed E-state index contributed by atoms with van der Waals surface area (Å²) in [5.41, 5.74) is 9.11. The maximum Gasteiger partial charge on any atom is 0.124 e. The molecule has 3 aromatic rings. The number of hydrogen-bond acceptors (Lipinski definition) is 2. The van der Waals surface area contributed by atoms with Crippen LogP contribution in [0, 0.1) is 0 Å². The maximum absolute atomic E-state index is 6.04. The van der Waals surface area contributed by atoms with Gasteiger partial charge in [-0.1, -0.05) is 48.0 Å². The maximum atomic E-state index is 6.04. The van der Waals surface area contributed by atoms with Crippen molar-refractivity contribution in [2.24, 2.45) is 10.7 Å². The number of benzene rings is 3. The first-order chi connectivity index (χ1) is 12.0. The molecule has 0 heterocycles. The van der Waals surface area contributed by atoms with Gasteiger partial charge in [-0.15, -0.1) is 0 Å². The number of anilines is 1. The Kier molecular flexibility index (Phi) is 5.05. The Hall–Kier alpha value is -2.78. The molecule has 0 aliphatic carbocycles. The molecule has 4 heteroatoms. The number of hydrogen-bond donors (Lipinski definition) is 1. The predicted molar refractivity (Wildman–Crippen MR) is 110 cm³/mol. The minimum absolute atomic E-state index is 0.447. The molecule has 0 aliphatic heterocycles. The molecule has 0 saturated heterocycles. The second-order valence-corrected chi connectivity index (χ2v) is 6.40. The summed E-state index contributed by atoms with van der Waals surface area (Å²) in [6, 6.07) is 19.8. The van der Waals surface area contributed by atoms with Gasteiger partial charge in [0, 0.05) is 30.2 Å². The van der Waals surface area contributed by atoms with Gasteiger partial charge in [0.25, 0.3) is 0 Å². The lowest BCUT2D eigenvalue weighted by atomic mass is 10.0. The Morgan fingerprint density at radius 2 is 1.64 bits per heavy atom. The van der Waals surface area contributed by atoms with Gasteiger partial charge in [-0.3, -0.25) is 0 Å². The molecule has 0 radical (unpaired) electrons. The largest absolute Gasteiger partial charge is 0.384 e. The molecular formula is C21H20ClN3. The van der Waals surface area contributed by atoms with Crippen LogP contribution in [-0.2, 0) is 0 Å². The minimum Gasteiger partial charge on any atom is -0.384 e. The van der Waals surface area contributed by atoms with Crippen molar-refractivity contribution in [1.82, 2.24) is 0 Å². The number of nitrogens with two attached hydrogens (primary N) is 1. The van der Waals surface area contributed by atoms with Gasteiger partial charge >= 0.3 is 0 Å². The highest BCUT2D eigenvalue weighted by molar-refractivity contribution is 6.30. The average molecular weight is 350 g/mol. The molecule has 0 aliphatic rings. The fourth-order valence-corrected chi connectivity index (χ4v) is 2.84. The van der Waals surface area contributed by atoms with Crippen LogP contribution in [0.1, 0.15) is 5.56 Å². The normalized spacial score (nSPS) is 12.0.